The molecule has 0 saturated carbocycles. The molecule has 5 atom stereocenters. The van der Waals surface area contributed by atoms with Crippen LogP contribution in [0.4, 0.5) is 0 Å². The van der Waals surface area contributed by atoms with Gasteiger partial charge >= 0.3 is 39.5 Å². The summed E-state index contributed by atoms with van der Waals surface area (Å²) in [5, 5.41) is 10.6. The molecule has 0 bridgehead atoms. The van der Waals surface area contributed by atoms with E-state index in [1.165, 1.54) is 180 Å². The zero-order chi connectivity index (χ0) is 65.6. The van der Waals surface area contributed by atoms with Crippen molar-refractivity contribution in [1.82, 2.24) is 0 Å². The van der Waals surface area contributed by atoms with Gasteiger partial charge in [-0.25, -0.2) is 9.13 Å². The summed E-state index contributed by atoms with van der Waals surface area (Å²) < 4.78 is 68.1. The van der Waals surface area contributed by atoms with Crippen molar-refractivity contribution < 1.29 is 80.2 Å². The van der Waals surface area contributed by atoms with Gasteiger partial charge < -0.3 is 33.8 Å². The average Bonchev–Trinajstić information content (AvgIpc) is 3.72. The molecular formula is C70H136O17P2. The van der Waals surface area contributed by atoms with E-state index in [4.69, 9.17) is 37.0 Å². The molecule has 0 aliphatic rings. The van der Waals surface area contributed by atoms with Crippen LogP contribution in [-0.4, -0.2) is 96.7 Å². The van der Waals surface area contributed by atoms with Crippen molar-refractivity contribution in [3.8, 4) is 0 Å². The van der Waals surface area contributed by atoms with Crippen molar-refractivity contribution in [2.45, 2.75) is 380 Å². The van der Waals surface area contributed by atoms with Gasteiger partial charge in [0.15, 0.2) is 12.2 Å². The van der Waals surface area contributed by atoms with Crippen LogP contribution in [0, 0.1) is 5.92 Å². The summed E-state index contributed by atoms with van der Waals surface area (Å²) in [5.41, 5.74) is 0. The lowest BCUT2D eigenvalue weighted by molar-refractivity contribution is -0.161. The molecule has 0 saturated heterocycles. The maximum atomic E-state index is 13.0. The summed E-state index contributed by atoms with van der Waals surface area (Å²) in [6.45, 7) is 7.18. The number of aliphatic hydroxyl groups excluding tert-OH is 1. The van der Waals surface area contributed by atoms with Gasteiger partial charge in [0.25, 0.3) is 0 Å². The summed E-state index contributed by atoms with van der Waals surface area (Å²) in [7, 11) is -9.89. The van der Waals surface area contributed by atoms with Gasteiger partial charge in [-0.1, -0.05) is 311 Å². The number of unbranched alkanes of at least 4 members (excludes halogenated alkanes) is 42. The van der Waals surface area contributed by atoms with Gasteiger partial charge in [0.05, 0.1) is 26.4 Å². The number of hydrogen-bond donors (Lipinski definition) is 3. The minimum atomic E-state index is -4.95. The van der Waals surface area contributed by atoms with Crippen molar-refractivity contribution >= 4 is 39.5 Å². The molecule has 0 rings (SSSR count). The van der Waals surface area contributed by atoms with E-state index >= 15 is 0 Å². The molecule has 0 amide bonds. The third kappa shape index (κ3) is 64.6. The van der Waals surface area contributed by atoms with Crippen LogP contribution in [0.3, 0.4) is 0 Å². The molecule has 17 nitrogen and oxygen atoms in total. The topological polar surface area (TPSA) is 237 Å². The fourth-order valence-corrected chi connectivity index (χ4v) is 12.2. The lowest BCUT2D eigenvalue weighted by Gasteiger charge is -2.21. The molecule has 3 N–H and O–H groups in total. The first-order chi connectivity index (χ1) is 43.0. The number of carbonyl (C=O) groups excluding carboxylic acids is 4. The first kappa shape index (κ1) is 87.1. The Labute approximate surface area is 543 Å². The summed E-state index contributed by atoms with van der Waals surface area (Å²) in [4.78, 5) is 72.3. The van der Waals surface area contributed by atoms with E-state index in [1.807, 2.05) is 0 Å². The minimum Gasteiger partial charge on any atom is -0.462 e. The third-order valence-corrected chi connectivity index (χ3v) is 18.2. The Morgan fingerprint density at radius 1 is 0.303 bits per heavy atom. The molecule has 0 heterocycles. The number of phosphoric ester groups is 2. The van der Waals surface area contributed by atoms with Crippen LogP contribution in [0.1, 0.15) is 362 Å². The Hall–Kier alpha value is -1.94. The van der Waals surface area contributed by atoms with E-state index in [9.17, 15) is 43.2 Å². The molecule has 19 heteroatoms. The second-order valence-electron chi connectivity index (χ2n) is 25.7. The first-order valence-corrected chi connectivity index (χ1v) is 39.6. The highest BCUT2D eigenvalue weighted by Gasteiger charge is 2.30. The predicted molar refractivity (Wildman–Crippen MR) is 358 cm³/mol. The largest absolute Gasteiger partial charge is 0.472 e. The molecule has 0 aliphatic carbocycles. The van der Waals surface area contributed by atoms with Gasteiger partial charge in [-0.2, -0.15) is 0 Å². The highest BCUT2D eigenvalue weighted by Crippen LogP contribution is 2.45. The van der Waals surface area contributed by atoms with Gasteiger partial charge in [0.2, 0.25) is 0 Å². The van der Waals surface area contributed by atoms with Crippen LogP contribution < -0.4 is 0 Å². The highest BCUT2D eigenvalue weighted by atomic mass is 31.2. The molecule has 2 unspecified atom stereocenters. The average molecular weight is 1310 g/mol. The van der Waals surface area contributed by atoms with E-state index in [0.29, 0.717) is 25.7 Å². The second kappa shape index (κ2) is 63.5. The molecule has 0 fully saturated rings. The molecule has 0 aliphatic heterocycles. The zero-order valence-corrected chi connectivity index (χ0v) is 59.4. The van der Waals surface area contributed by atoms with E-state index in [2.05, 4.69) is 34.6 Å². The third-order valence-electron chi connectivity index (χ3n) is 16.3. The lowest BCUT2D eigenvalue weighted by atomic mass is 10.0. The molecule has 0 radical (unpaired) electrons. The van der Waals surface area contributed by atoms with E-state index < -0.39 is 97.5 Å². The number of phosphoric acid groups is 2. The van der Waals surface area contributed by atoms with Crippen molar-refractivity contribution in [3.63, 3.8) is 0 Å². The summed E-state index contributed by atoms with van der Waals surface area (Å²) in [6, 6.07) is 0. The highest BCUT2D eigenvalue weighted by molar-refractivity contribution is 7.47. The Balaban J connectivity index is 5.15. The van der Waals surface area contributed by atoms with Gasteiger partial charge in [-0.15, -0.1) is 0 Å². The van der Waals surface area contributed by atoms with Crippen molar-refractivity contribution in [3.05, 3.63) is 0 Å². The fraction of sp³-hybridized carbons (Fsp3) is 0.943. The van der Waals surface area contributed by atoms with E-state index in [-0.39, 0.29) is 25.7 Å². The van der Waals surface area contributed by atoms with Crippen LogP contribution in [0.15, 0.2) is 0 Å². The van der Waals surface area contributed by atoms with Crippen LogP contribution in [0.5, 0.6) is 0 Å². The minimum absolute atomic E-state index is 0.106. The smallest absolute Gasteiger partial charge is 0.462 e. The molecule has 0 aromatic heterocycles. The number of hydrogen-bond acceptors (Lipinski definition) is 15. The van der Waals surface area contributed by atoms with Gasteiger partial charge in [-0.3, -0.25) is 37.3 Å². The predicted octanol–water partition coefficient (Wildman–Crippen LogP) is 20.1. The van der Waals surface area contributed by atoms with Crippen LogP contribution in [-0.2, 0) is 65.4 Å². The standard InChI is InChI=1S/C70H136O17P2/c1-6-9-12-15-17-19-21-22-23-24-28-32-35-39-44-49-54-68(73)81-60-66(87-70(75)56-51-46-41-37-33-29-26-25-27-31-34-38-43-47-52-63(4)5)62-85-89(78,79)83-58-64(71)57-82-88(76,77)84-61-65(59-80-67(72)53-48-42-14-11-8-3)86-69(74)55-50-45-40-36-30-20-18-16-13-10-7-2/h63-66,71H,6-62H2,1-5H3,(H,76,77)(H,78,79)/t64-,65+,66+/m0/s1. The Morgan fingerprint density at radius 3 is 0.764 bits per heavy atom. The Morgan fingerprint density at radius 2 is 0.517 bits per heavy atom. The summed E-state index contributed by atoms with van der Waals surface area (Å²) in [6.07, 6.45) is 50.3. The molecule has 0 aromatic rings. The quantitative estimate of drug-likeness (QED) is 0.0222. The number of aliphatic hydroxyl groups is 1. The van der Waals surface area contributed by atoms with Crippen LogP contribution in [0.25, 0.3) is 0 Å². The molecule has 89 heavy (non-hydrogen) atoms. The number of rotatable bonds is 70. The maximum Gasteiger partial charge on any atom is 0.472 e. The lowest BCUT2D eigenvalue weighted by Crippen LogP contribution is -2.30. The van der Waals surface area contributed by atoms with Crippen LogP contribution in [0.2, 0.25) is 0 Å². The Kier molecular flexibility index (Phi) is 62.1. The fourth-order valence-electron chi connectivity index (χ4n) is 10.6. The van der Waals surface area contributed by atoms with Crippen molar-refractivity contribution in [1.29, 1.82) is 0 Å². The zero-order valence-electron chi connectivity index (χ0n) is 57.6. The number of esters is 4. The molecule has 0 spiro atoms. The van der Waals surface area contributed by atoms with Gasteiger partial charge in [0.1, 0.15) is 19.3 Å². The monoisotopic (exact) mass is 1310 g/mol. The van der Waals surface area contributed by atoms with E-state index in [1.54, 1.807) is 0 Å². The van der Waals surface area contributed by atoms with E-state index in [0.717, 1.165) is 102 Å². The SMILES string of the molecule is CCCCCCCCCCCCCCCCCCC(=O)OC[C@H](COP(=O)(O)OC[C@@H](O)COP(=O)(O)OC[C@@H](COC(=O)CCCCCCC)OC(=O)CCCCCCCCCCCCC)OC(=O)CCCCCCCCCCCCCCCCC(C)C. The maximum absolute atomic E-state index is 13.0. The number of ether oxygens (including phenoxy) is 4. The van der Waals surface area contributed by atoms with Gasteiger partial charge in [-0.05, 0) is 31.6 Å². The Bertz CT molecular complexity index is 1720. The molecule has 528 valence electrons. The molecular weight excluding hydrogens is 1170 g/mol. The van der Waals surface area contributed by atoms with Gasteiger partial charge in [0, 0.05) is 25.7 Å². The normalized spacial score (nSPS) is 14.1. The second-order valence-corrected chi connectivity index (χ2v) is 28.7. The molecule has 0 aromatic carbocycles. The summed E-state index contributed by atoms with van der Waals surface area (Å²) >= 11 is 0. The summed E-state index contributed by atoms with van der Waals surface area (Å²) in [5.74, 6) is -1.34. The number of carbonyl (C=O) groups is 4. The van der Waals surface area contributed by atoms with Crippen molar-refractivity contribution in [2.75, 3.05) is 39.6 Å². The van der Waals surface area contributed by atoms with Crippen molar-refractivity contribution in [2.24, 2.45) is 5.92 Å². The van der Waals surface area contributed by atoms with Crippen LogP contribution >= 0.6 is 15.6 Å². The first-order valence-electron chi connectivity index (χ1n) is 36.6.